The Morgan fingerprint density at radius 1 is 1.32 bits per heavy atom. The standard InChI is InChI=1S/C16H19N3O5S/c1-16(2,3)24-15(23)19-8-10(20)13(11(21)9-19)14(22)18-25-12-6-4-5-7-17-12/h4-7,20H,8-9H2,1-3H3,(H,18,22). The summed E-state index contributed by atoms with van der Waals surface area (Å²) < 4.78 is 7.62. The van der Waals surface area contributed by atoms with Crippen molar-refractivity contribution in [1.82, 2.24) is 14.6 Å². The topological polar surface area (TPSA) is 109 Å². The molecule has 2 heterocycles. The molecule has 0 fully saturated rings. The first-order valence-electron chi connectivity index (χ1n) is 7.49. The van der Waals surface area contributed by atoms with Crippen molar-refractivity contribution in [2.45, 2.75) is 31.4 Å². The number of Topliss-reactive ketones (excluding diaryl/α,β-unsaturated/α-hetero) is 1. The average Bonchev–Trinajstić information content (AvgIpc) is 2.51. The molecule has 1 aliphatic rings. The normalized spacial score (nSPS) is 15.2. The fourth-order valence-electron chi connectivity index (χ4n) is 2.00. The summed E-state index contributed by atoms with van der Waals surface area (Å²) in [5, 5.41) is 10.6. The molecule has 0 atom stereocenters. The number of hydrogen-bond acceptors (Lipinski definition) is 7. The third-order valence-corrected chi connectivity index (χ3v) is 3.75. The first-order chi connectivity index (χ1) is 11.7. The van der Waals surface area contributed by atoms with Gasteiger partial charge < -0.3 is 9.84 Å². The fourth-order valence-corrected chi connectivity index (χ4v) is 2.56. The number of amides is 2. The smallest absolute Gasteiger partial charge is 0.411 e. The molecule has 0 radical (unpaired) electrons. The van der Waals surface area contributed by atoms with Gasteiger partial charge >= 0.3 is 6.09 Å². The van der Waals surface area contributed by atoms with Crippen LogP contribution >= 0.6 is 11.9 Å². The van der Waals surface area contributed by atoms with Crippen LogP contribution in [0.5, 0.6) is 0 Å². The summed E-state index contributed by atoms with van der Waals surface area (Å²) in [6, 6.07) is 5.17. The molecule has 2 N–H and O–H groups in total. The zero-order valence-corrected chi connectivity index (χ0v) is 14.9. The van der Waals surface area contributed by atoms with Crippen LogP contribution in [-0.4, -0.2) is 51.5 Å². The van der Waals surface area contributed by atoms with Gasteiger partial charge in [-0.25, -0.2) is 9.78 Å². The number of ketones is 1. The number of carbonyl (C=O) groups is 3. The summed E-state index contributed by atoms with van der Waals surface area (Å²) in [4.78, 5) is 41.4. The highest BCUT2D eigenvalue weighted by molar-refractivity contribution is 7.97. The number of rotatable bonds is 3. The summed E-state index contributed by atoms with van der Waals surface area (Å²) in [6.45, 7) is 4.48. The van der Waals surface area contributed by atoms with Crippen molar-refractivity contribution in [3.05, 3.63) is 35.7 Å². The van der Waals surface area contributed by atoms with Gasteiger partial charge in [-0.15, -0.1) is 0 Å². The molecule has 0 unspecified atom stereocenters. The fraction of sp³-hybridized carbons (Fsp3) is 0.375. The summed E-state index contributed by atoms with van der Waals surface area (Å²) in [7, 11) is 0. The Kier molecular flexibility index (Phi) is 5.68. The molecule has 2 amide bonds. The predicted molar refractivity (Wildman–Crippen MR) is 90.7 cm³/mol. The molecule has 9 heteroatoms. The minimum absolute atomic E-state index is 0.266. The summed E-state index contributed by atoms with van der Waals surface area (Å²) in [5.41, 5.74) is -1.08. The largest absolute Gasteiger partial charge is 0.509 e. The van der Waals surface area contributed by atoms with E-state index in [1.54, 1.807) is 45.2 Å². The maximum Gasteiger partial charge on any atom is 0.411 e. The molecular weight excluding hydrogens is 346 g/mol. The van der Waals surface area contributed by atoms with E-state index < -0.39 is 29.1 Å². The van der Waals surface area contributed by atoms with Crippen molar-refractivity contribution in [3.8, 4) is 0 Å². The monoisotopic (exact) mass is 365 g/mol. The van der Waals surface area contributed by atoms with Gasteiger partial charge in [-0.05, 0) is 32.9 Å². The van der Waals surface area contributed by atoms with Gasteiger partial charge in [0, 0.05) is 18.1 Å². The van der Waals surface area contributed by atoms with Crippen LogP contribution in [0.4, 0.5) is 4.79 Å². The Balaban J connectivity index is 2.03. The molecule has 0 aliphatic carbocycles. The molecule has 0 saturated heterocycles. The number of aliphatic hydroxyl groups is 1. The predicted octanol–water partition coefficient (Wildman–Crippen LogP) is 1.84. The van der Waals surface area contributed by atoms with Crippen molar-refractivity contribution < 1.29 is 24.2 Å². The highest BCUT2D eigenvalue weighted by atomic mass is 32.2. The van der Waals surface area contributed by atoms with E-state index in [-0.39, 0.29) is 18.7 Å². The van der Waals surface area contributed by atoms with Gasteiger partial charge in [0.05, 0.1) is 13.1 Å². The zero-order chi connectivity index (χ0) is 18.6. The first kappa shape index (κ1) is 18.8. The Hall–Kier alpha value is -2.55. The minimum Gasteiger partial charge on any atom is -0.509 e. The lowest BCUT2D eigenvalue weighted by atomic mass is 10.1. The Morgan fingerprint density at radius 3 is 2.60 bits per heavy atom. The van der Waals surface area contributed by atoms with Crippen LogP contribution in [0.15, 0.2) is 40.8 Å². The van der Waals surface area contributed by atoms with Crippen LogP contribution in [0.25, 0.3) is 0 Å². The van der Waals surface area contributed by atoms with E-state index in [9.17, 15) is 19.5 Å². The molecule has 0 aromatic carbocycles. The lowest BCUT2D eigenvalue weighted by Gasteiger charge is -2.29. The van der Waals surface area contributed by atoms with E-state index >= 15 is 0 Å². The molecule has 1 aliphatic heterocycles. The van der Waals surface area contributed by atoms with Crippen molar-refractivity contribution in [3.63, 3.8) is 0 Å². The highest BCUT2D eigenvalue weighted by Gasteiger charge is 2.34. The van der Waals surface area contributed by atoms with E-state index in [1.807, 2.05) is 0 Å². The zero-order valence-electron chi connectivity index (χ0n) is 14.1. The van der Waals surface area contributed by atoms with Crippen molar-refractivity contribution >= 4 is 29.7 Å². The van der Waals surface area contributed by atoms with Crippen LogP contribution < -0.4 is 4.72 Å². The summed E-state index contributed by atoms with van der Waals surface area (Å²) in [5.74, 6) is -1.86. The summed E-state index contributed by atoms with van der Waals surface area (Å²) in [6.07, 6.45) is 0.838. The molecule has 0 spiro atoms. The molecule has 2 rings (SSSR count). The van der Waals surface area contributed by atoms with Gasteiger partial charge in [0.2, 0.25) is 0 Å². The number of aliphatic hydroxyl groups excluding tert-OH is 1. The Morgan fingerprint density at radius 2 is 2.04 bits per heavy atom. The second kappa shape index (κ2) is 7.56. The molecule has 1 aromatic rings. The van der Waals surface area contributed by atoms with Crippen LogP contribution in [0, 0.1) is 0 Å². The number of nitrogens with one attached hydrogen (secondary N) is 1. The van der Waals surface area contributed by atoms with Crippen LogP contribution in [0.2, 0.25) is 0 Å². The average molecular weight is 365 g/mol. The van der Waals surface area contributed by atoms with Gasteiger partial charge in [-0.3, -0.25) is 19.2 Å². The second-order valence-electron chi connectivity index (χ2n) is 6.28. The number of ether oxygens (including phenoxy) is 1. The van der Waals surface area contributed by atoms with E-state index in [0.717, 1.165) is 16.8 Å². The molecule has 1 aromatic heterocycles. The van der Waals surface area contributed by atoms with Crippen molar-refractivity contribution in [1.29, 1.82) is 0 Å². The number of nitrogens with zero attached hydrogens (tertiary/aromatic N) is 2. The van der Waals surface area contributed by atoms with Crippen molar-refractivity contribution in [2.75, 3.05) is 13.1 Å². The van der Waals surface area contributed by atoms with E-state index in [4.69, 9.17) is 4.74 Å². The third kappa shape index (κ3) is 5.21. The maximum atomic E-state index is 12.2. The number of aromatic nitrogens is 1. The van der Waals surface area contributed by atoms with E-state index in [2.05, 4.69) is 9.71 Å². The van der Waals surface area contributed by atoms with Gasteiger partial charge in [-0.2, -0.15) is 0 Å². The van der Waals surface area contributed by atoms with Gasteiger partial charge in [0.25, 0.3) is 5.91 Å². The maximum absolute atomic E-state index is 12.2. The number of pyridine rings is 1. The lowest BCUT2D eigenvalue weighted by molar-refractivity contribution is -0.123. The minimum atomic E-state index is -0.734. The Bertz CT molecular complexity index is 712. The number of hydrogen-bond donors (Lipinski definition) is 2. The van der Waals surface area contributed by atoms with Gasteiger partial charge in [-0.1, -0.05) is 6.07 Å². The first-order valence-corrected chi connectivity index (χ1v) is 8.30. The third-order valence-electron chi connectivity index (χ3n) is 3.01. The van der Waals surface area contributed by atoms with Crippen molar-refractivity contribution in [2.24, 2.45) is 0 Å². The van der Waals surface area contributed by atoms with E-state index in [1.165, 1.54) is 0 Å². The number of carbonyl (C=O) groups excluding carboxylic acids is 3. The van der Waals surface area contributed by atoms with Gasteiger partial charge in [0.1, 0.15) is 22.0 Å². The van der Waals surface area contributed by atoms with Crippen LogP contribution in [-0.2, 0) is 14.3 Å². The summed E-state index contributed by atoms with van der Waals surface area (Å²) >= 11 is 0.928. The quantitative estimate of drug-likeness (QED) is 0.621. The highest BCUT2D eigenvalue weighted by Crippen LogP contribution is 2.19. The molecule has 0 saturated carbocycles. The van der Waals surface area contributed by atoms with Gasteiger partial charge in [0.15, 0.2) is 5.78 Å². The molecular formula is C16H19N3O5S. The second-order valence-corrected chi connectivity index (χ2v) is 7.11. The Labute approximate surface area is 149 Å². The van der Waals surface area contributed by atoms with Crippen LogP contribution in [0.3, 0.4) is 0 Å². The van der Waals surface area contributed by atoms with E-state index in [0.29, 0.717) is 5.03 Å². The van der Waals surface area contributed by atoms with Crippen LogP contribution in [0.1, 0.15) is 20.8 Å². The molecule has 0 bridgehead atoms. The lowest BCUT2D eigenvalue weighted by Crippen LogP contribution is -2.46. The molecule has 8 nitrogen and oxygen atoms in total. The molecule has 25 heavy (non-hydrogen) atoms. The molecule has 134 valence electrons. The SMILES string of the molecule is CC(C)(C)OC(=O)N1CC(=O)C(C(=O)NSc2ccccn2)=C(O)C1.